The van der Waals surface area contributed by atoms with Gasteiger partial charge in [0.2, 0.25) is 0 Å². The molecule has 2 aromatic rings. The summed E-state index contributed by atoms with van der Waals surface area (Å²) in [4.78, 5) is 12.2. The van der Waals surface area contributed by atoms with Crippen LogP contribution in [0.4, 0.5) is 0 Å². The summed E-state index contributed by atoms with van der Waals surface area (Å²) < 4.78 is 18.3. The number of esters is 1. The molecule has 1 N–H and O–H groups in total. The maximum absolute atomic E-state index is 12.2. The lowest BCUT2D eigenvalue weighted by Gasteiger charge is -2.42. The van der Waals surface area contributed by atoms with E-state index in [0.717, 1.165) is 12.0 Å². The van der Waals surface area contributed by atoms with E-state index in [-0.39, 0.29) is 24.2 Å². The fourth-order valence-electron chi connectivity index (χ4n) is 3.54. The van der Waals surface area contributed by atoms with E-state index in [4.69, 9.17) is 13.9 Å². The summed E-state index contributed by atoms with van der Waals surface area (Å²) in [6, 6.07) is 20.1. The molecule has 2 rings (SSSR count). The van der Waals surface area contributed by atoms with E-state index in [1.54, 1.807) is 6.92 Å². The van der Waals surface area contributed by atoms with Gasteiger partial charge in [0.05, 0.1) is 31.8 Å². The largest absolute Gasteiger partial charge is 0.466 e. The highest BCUT2D eigenvalue weighted by molar-refractivity contribution is 6.74. The highest BCUT2D eigenvalue weighted by atomic mass is 28.4. The molecule has 3 atom stereocenters. The van der Waals surface area contributed by atoms with Crippen molar-refractivity contribution in [3.05, 3.63) is 71.8 Å². The maximum atomic E-state index is 12.2. The molecule has 0 saturated heterocycles. The van der Waals surface area contributed by atoms with E-state index in [1.807, 2.05) is 48.5 Å². The van der Waals surface area contributed by atoms with Gasteiger partial charge in [0.1, 0.15) is 6.10 Å². The van der Waals surface area contributed by atoms with E-state index >= 15 is 0 Å². The van der Waals surface area contributed by atoms with Crippen molar-refractivity contribution in [2.75, 3.05) is 6.61 Å². The van der Waals surface area contributed by atoms with E-state index in [2.05, 4.69) is 46.0 Å². The third kappa shape index (κ3) is 8.99. The third-order valence-corrected chi connectivity index (χ3v) is 11.0. The number of benzene rings is 2. The number of aliphatic hydroxyl groups excluding tert-OH is 1. The zero-order valence-electron chi connectivity index (χ0n) is 21.6. The number of aliphatic hydroxyl groups is 1. The molecule has 188 valence electrons. The Morgan fingerprint density at radius 3 is 2.06 bits per heavy atom. The van der Waals surface area contributed by atoms with Crippen LogP contribution in [0.5, 0.6) is 0 Å². The third-order valence-electron chi connectivity index (χ3n) is 6.52. The second kappa shape index (κ2) is 13.2. The minimum absolute atomic E-state index is 0.00588. The fraction of sp³-hybridized carbons (Fsp3) is 0.536. The number of hydrogen-bond acceptors (Lipinski definition) is 5. The predicted molar refractivity (Wildman–Crippen MR) is 139 cm³/mol. The summed E-state index contributed by atoms with van der Waals surface area (Å²) in [5.41, 5.74) is 2.21. The summed E-state index contributed by atoms with van der Waals surface area (Å²) in [6.07, 6.45) is -0.728. The predicted octanol–water partition coefficient (Wildman–Crippen LogP) is 5.91. The van der Waals surface area contributed by atoms with Crippen LogP contribution in [0.15, 0.2) is 60.7 Å². The van der Waals surface area contributed by atoms with Crippen LogP contribution >= 0.6 is 0 Å². The molecule has 0 spiro atoms. The number of rotatable bonds is 13. The van der Waals surface area contributed by atoms with Crippen molar-refractivity contribution >= 4 is 14.3 Å². The Kier molecular flexibility index (Phi) is 11.0. The Hall–Kier alpha value is -1.99. The van der Waals surface area contributed by atoms with E-state index in [1.165, 1.54) is 5.56 Å². The van der Waals surface area contributed by atoms with Gasteiger partial charge in [-0.05, 0) is 49.0 Å². The van der Waals surface area contributed by atoms with E-state index in [0.29, 0.717) is 13.0 Å². The van der Waals surface area contributed by atoms with Gasteiger partial charge in [-0.1, -0.05) is 81.4 Å². The van der Waals surface area contributed by atoms with Crippen LogP contribution in [0.1, 0.15) is 51.7 Å². The van der Waals surface area contributed by atoms with Crippen LogP contribution in [0, 0.1) is 0 Å². The smallest absolute Gasteiger partial charge is 0.308 e. The molecule has 0 bridgehead atoms. The van der Waals surface area contributed by atoms with Crippen LogP contribution < -0.4 is 0 Å². The molecule has 0 radical (unpaired) electrons. The Labute approximate surface area is 206 Å². The minimum Gasteiger partial charge on any atom is -0.466 e. The topological polar surface area (TPSA) is 65.0 Å². The molecule has 34 heavy (non-hydrogen) atoms. The van der Waals surface area contributed by atoms with Gasteiger partial charge < -0.3 is 19.0 Å². The van der Waals surface area contributed by atoms with Gasteiger partial charge in [-0.2, -0.15) is 0 Å². The summed E-state index contributed by atoms with van der Waals surface area (Å²) in [5, 5.41) is 11.2. The van der Waals surface area contributed by atoms with Gasteiger partial charge in [0, 0.05) is 0 Å². The maximum Gasteiger partial charge on any atom is 0.308 e. The molecule has 0 aliphatic heterocycles. The second-order valence-electron chi connectivity index (χ2n) is 10.3. The average molecular weight is 487 g/mol. The first-order chi connectivity index (χ1) is 16.0. The first-order valence-corrected chi connectivity index (χ1v) is 15.1. The van der Waals surface area contributed by atoms with Crippen LogP contribution in [0.25, 0.3) is 0 Å². The number of hydrogen-bond donors (Lipinski definition) is 1. The Balaban J connectivity index is 2.31. The van der Waals surface area contributed by atoms with Crippen LogP contribution in [0.3, 0.4) is 0 Å². The number of ether oxygens (including phenoxy) is 2. The zero-order valence-corrected chi connectivity index (χ0v) is 22.6. The standard InChI is InChI=1S/C28H42O5Si/c1-7-31-26(30)20-24(29)27(32-21-23-16-12-9-13-17-23)25(33-34(5,6)28(2,3)4)19-18-22-14-10-8-11-15-22/h8-17,24-25,27,29H,7,18-21H2,1-6H3/t24?,25-,27-/m1/s1. The lowest BCUT2D eigenvalue weighted by atomic mass is 9.98. The van der Waals surface area contributed by atoms with Gasteiger partial charge in [-0.15, -0.1) is 0 Å². The van der Waals surface area contributed by atoms with Crippen molar-refractivity contribution in [1.29, 1.82) is 0 Å². The molecular formula is C28H42O5Si. The molecule has 0 aliphatic carbocycles. The summed E-state index contributed by atoms with van der Waals surface area (Å²) >= 11 is 0. The molecule has 0 amide bonds. The summed E-state index contributed by atoms with van der Waals surface area (Å²) in [6.45, 7) is 13.4. The van der Waals surface area contributed by atoms with E-state index in [9.17, 15) is 9.90 Å². The quantitative estimate of drug-likeness (QED) is 0.282. The van der Waals surface area contributed by atoms with Crippen molar-refractivity contribution in [2.45, 2.75) is 90.0 Å². The molecule has 2 aromatic carbocycles. The molecule has 1 unspecified atom stereocenters. The molecule has 0 aromatic heterocycles. The Morgan fingerprint density at radius 1 is 0.971 bits per heavy atom. The van der Waals surface area contributed by atoms with Gasteiger partial charge >= 0.3 is 5.97 Å². The van der Waals surface area contributed by atoms with Crippen LogP contribution in [-0.4, -0.2) is 44.3 Å². The minimum atomic E-state index is -2.19. The Morgan fingerprint density at radius 2 is 1.53 bits per heavy atom. The second-order valence-corrected chi connectivity index (χ2v) is 15.0. The zero-order chi connectivity index (χ0) is 25.2. The van der Waals surface area contributed by atoms with Crippen molar-refractivity contribution in [1.82, 2.24) is 0 Å². The molecule has 5 nitrogen and oxygen atoms in total. The van der Waals surface area contributed by atoms with Gasteiger partial charge in [-0.3, -0.25) is 4.79 Å². The normalized spacial score (nSPS) is 14.9. The summed E-state index contributed by atoms with van der Waals surface area (Å²) in [7, 11) is -2.19. The van der Waals surface area contributed by atoms with E-state index < -0.39 is 26.5 Å². The van der Waals surface area contributed by atoms with Crippen molar-refractivity contribution < 1.29 is 23.8 Å². The molecular weight excluding hydrogens is 444 g/mol. The van der Waals surface area contributed by atoms with Crippen molar-refractivity contribution in [3.8, 4) is 0 Å². The average Bonchev–Trinajstić information content (AvgIpc) is 2.78. The van der Waals surface area contributed by atoms with Gasteiger partial charge in [0.25, 0.3) is 0 Å². The highest BCUT2D eigenvalue weighted by Crippen LogP contribution is 2.39. The summed E-state index contributed by atoms with van der Waals surface area (Å²) in [5.74, 6) is -0.433. The number of carbonyl (C=O) groups is 1. The molecule has 6 heteroatoms. The fourth-order valence-corrected chi connectivity index (χ4v) is 4.90. The molecule has 0 aliphatic rings. The lowest BCUT2D eigenvalue weighted by molar-refractivity contribution is -0.152. The lowest BCUT2D eigenvalue weighted by Crippen LogP contribution is -2.51. The molecule has 0 heterocycles. The Bertz CT molecular complexity index is 848. The SMILES string of the molecule is CCOC(=O)CC(O)[C@@H](OCc1ccccc1)[C@@H](CCc1ccccc1)O[Si](C)(C)C(C)(C)C. The van der Waals surface area contributed by atoms with Gasteiger partial charge in [0.15, 0.2) is 8.32 Å². The number of carbonyl (C=O) groups excluding carboxylic acids is 1. The first kappa shape index (κ1) is 28.2. The molecule has 0 fully saturated rings. The van der Waals surface area contributed by atoms with Crippen LogP contribution in [-0.2, 0) is 31.7 Å². The van der Waals surface area contributed by atoms with Crippen molar-refractivity contribution in [2.24, 2.45) is 0 Å². The van der Waals surface area contributed by atoms with Crippen LogP contribution in [0.2, 0.25) is 18.1 Å². The first-order valence-electron chi connectivity index (χ1n) is 12.2. The van der Waals surface area contributed by atoms with Gasteiger partial charge in [-0.25, -0.2) is 0 Å². The van der Waals surface area contributed by atoms with Crippen molar-refractivity contribution in [3.63, 3.8) is 0 Å². The highest BCUT2D eigenvalue weighted by Gasteiger charge is 2.42. The number of aryl methyl sites for hydroxylation is 1. The molecule has 0 saturated carbocycles. The monoisotopic (exact) mass is 486 g/mol.